The quantitative estimate of drug-likeness (QED) is 0.517. The molecule has 30 heavy (non-hydrogen) atoms. The number of fused-ring (bicyclic) bond motifs is 1. The van der Waals surface area contributed by atoms with Crippen LogP contribution in [0.25, 0.3) is 22.2 Å². The molecule has 2 N–H and O–H groups in total. The van der Waals surface area contributed by atoms with E-state index in [4.69, 9.17) is 0 Å². The number of nitrogens with zero attached hydrogens (tertiary/aromatic N) is 3. The molecule has 2 amide bonds. The Morgan fingerprint density at radius 2 is 1.93 bits per heavy atom. The molecule has 0 aliphatic rings. The smallest absolute Gasteiger partial charge is 0.253 e. The first kappa shape index (κ1) is 19.6. The average Bonchev–Trinajstić information content (AvgIpc) is 3.38. The SMILES string of the molecule is Cn1ccc(C(=O)NCC(=O)Nc2nc(-c3ccc4ccc(=O)n(C)c4c3)cs2)c1. The predicted octanol–water partition coefficient (Wildman–Crippen LogP) is 2.37. The lowest BCUT2D eigenvalue weighted by Crippen LogP contribution is -2.32. The van der Waals surface area contributed by atoms with E-state index in [0.717, 1.165) is 16.5 Å². The number of benzene rings is 1. The van der Waals surface area contributed by atoms with Gasteiger partial charge in [0, 0.05) is 43.5 Å². The van der Waals surface area contributed by atoms with Crippen LogP contribution in [0.3, 0.4) is 0 Å². The Balaban J connectivity index is 1.43. The summed E-state index contributed by atoms with van der Waals surface area (Å²) < 4.78 is 3.35. The first-order chi connectivity index (χ1) is 14.4. The number of rotatable bonds is 5. The van der Waals surface area contributed by atoms with E-state index >= 15 is 0 Å². The Labute approximate surface area is 175 Å². The zero-order valence-corrected chi connectivity index (χ0v) is 17.2. The van der Waals surface area contributed by atoms with Gasteiger partial charge in [0.15, 0.2) is 5.13 Å². The van der Waals surface area contributed by atoms with Gasteiger partial charge in [-0.2, -0.15) is 0 Å². The van der Waals surface area contributed by atoms with Crippen molar-refractivity contribution in [1.29, 1.82) is 0 Å². The van der Waals surface area contributed by atoms with Crippen molar-refractivity contribution in [3.63, 3.8) is 0 Å². The molecule has 4 aromatic rings. The minimum Gasteiger partial charge on any atom is -0.356 e. The number of aromatic nitrogens is 3. The molecule has 0 saturated heterocycles. The Morgan fingerprint density at radius 1 is 1.13 bits per heavy atom. The Bertz CT molecular complexity index is 1320. The highest BCUT2D eigenvalue weighted by Gasteiger charge is 2.12. The topological polar surface area (TPSA) is 98.0 Å². The molecular weight excluding hydrogens is 402 g/mol. The fourth-order valence-corrected chi connectivity index (χ4v) is 3.79. The number of hydrogen-bond acceptors (Lipinski definition) is 5. The van der Waals surface area contributed by atoms with Crippen LogP contribution < -0.4 is 16.2 Å². The molecule has 1 aromatic carbocycles. The molecule has 9 heteroatoms. The molecule has 0 radical (unpaired) electrons. The number of thiazole rings is 1. The molecular formula is C21H19N5O3S. The van der Waals surface area contributed by atoms with E-state index in [1.807, 2.05) is 30.6 Å². The molecule has 0 aliphatic heterocycles. The highest BCUT2D eigenvalue weighted by atomic mass is 32.1. The maximum Gasteiger partial charge on any atom is 0.253 e. The van der Waals surface area contributed by atoms with Gasteiger partial charge in [-0.05, 0) is 23.6 Å². The number of amides is 2. The maximum absolute atomic E-state index is 12.2. The van der Waals surface area contributed by atoms with Crippen LogP contribution in [-0.4, -0.2) is 32.5 Å². The third kappa shape index (κ3) is 4.01. The van der Waals surface area contributed by atoms with E-state index in [1.54, 1.807) is 40.7 Å². The molecule has 0 saturated carbocycles. The molecule has 0 spiro atoms. The van der Waals surface area contributed by atoms with Crippen molar-refractivity contribution in [2.75, 3.05) is 11.9 Å². The largest absolute Gasteiger partial charge is 0.356 e. The zero-order chi connectivity index (χ0) is 21.3. The summed E-state index contributed by atoms with van der Waals surface area (Å²) in [5.74, 6) is -0.673. The van der Waals surface area contributed by atoms with Crippen LogP contribution in [0.5, 0.6) is 0 Å². The van der Waals surface area contributed by atoms with Crippen molar-refractivity contribution < 1.29 is 9.59 Å². The molecule has 3 aromatic heterocycles. The van der Waals surface area contributed by atoms with Gasteiger partial charge in [0.1, 0.15) is 0 Å². The van der Waals surface area contributed by atoms with Crippen LogP contribution in [0.1, 0.15) is 10.4 Å². The third-order valence-electron chi connectivity index (χ3n) is 4.68. The van der Waals surface area contributed by atoms with Crippen molar-refractivity contribution >= 4 is 39.2 Å². The Kier molecular flexibility index (Phi) is 5.20. The number of carbonyl (C=O) groups is 2. The minimum atomic E-state index is -0.360. The van der Waals surface area contributed by atoms with Gasteiger partial charge in [0.05, 0.1) is 23.3 Å². The van der Waals surface area contributed by atoms with Crippen LogP contribution in [-0.2, 0) is 18.9 Å². The molecule has 0 bridgehead atoms. The molecule has 152 valence electrons. The van der Waals surface area contributed by atoms with Crippen LogP contribution in [0.15, 0.2) is 59.0 Å². The second-order valence-corrected chi connectivity index (χ2v) is 7.70. The summed E-state index contributed by atoms with van der Waals surface area (Å²) >= 11 is 1.29. The average molecular weight is 421 g/mol. The maximum atomic E-state index is 12.2. The van der Waals surface area contributed by atoms with E-state index < -0.39 is 0 Å². The summed E-state index contributed by atoms with van der Waals surface area (Å²) in [7, 11) is 3.55. The van der Waals surface area contributed by atoms with Crippen molar-refractivity contribution in [3.8, 4) is 11.3 Å². The number of hydrogen-bond donors (Lipinski definition) is 2. The van der Waals surface area contributed by atoms with Crippen LogP contribution in [0.4, 0.5) is 5.13 Å². The summed E-state index contributed by atoms with van der Waals surface area (Å²) in [6.45, 7) is -0.152. The summed E-state index contributed by atoms with van der Waals surface area (Å²) in [5, 5.41) is 8.50. The Morgan fingerprint density at radius 3 is 2.70 bits per heavy atom. The molecule has 0 fully saturated rings. The van der Waals surface area contributed by atoms with Crippen LogP contribution in [0.2, 0.25) is 0 Å². The van der Waals surface area contributed by atoms with Gasteiger partial charge < -0.3 is 19.8 Å². The van der Waals surface area contributed by atoms with E-state index in [0.29, 0.717) is 16.4 Å². The van der Waals surface area contributed by atoms with Crippen molar-refractivity contribution in [1.82, 2.24) is 19.4 Å². The summed E-state index contributed by atoms with van der Waals surface area (Å²) in [5.41, 5.74) is 2.76. The summed E-state index contributed by atoms with van der Waals surface area (Å²) in [4.78, 5) is 40.5. The van der Waals surface area contributed by atoms with E-state index in [2.05, 4.69) is 15.6 Å². The number of anilines is 1. The van der Waals surface area contributed by atoms with Crippen LogP contribution >= 0.6 is 11.3 Å². The zero-order valence-electron chi connectivity index (χ0n) is 16.4. The molecule has 0 atom stereocenters. The van der Waals surface area contributed by atoms with Gasteiger partial charge >= 0.3 is 0 Å². The predicted molar refractivity (Wildman–Crippen MR) is 117 cm³/mol. The van der Waals surface area contributed by atoms with Gasteiger partial charge in [0.25, 0.3) is 11.5 Å². The second-order valence-electron chi connectivity index (χ2n) is 6.84. The van der Waals surface area contributed by atoms with E-state index in [1.165, 1.54) is 17.4 Å². The monoisotopic (exact) mass is 421 g/mol. The Hall–Kier alpha value is -3.72. The minimum absolute atomic E-state index is 0.0802. The number of carbonyl (C=O) groups excluding carboxylic acids is 2. The molecule has 8 nitrogen and oxygen atoms in total. The lowest BCUT2D eigenvalue weighted by molar-refractivity contribution is -0.115. The van der Waals surface area contributed by atoms with E-state index in [9.17, 15) is 14.4 Å². The van der Waals surface area contributed by atoms with Crippen molar-refractivity contribution in [2.45, 2.75) is 0 Å². The normalized spacial score (nSPS) is 10.9. The standard InChI is InChI=1S/C21H19N5O3S/c1-25-8-7-15(11-25)20(29)22-10-18(27)24-21-23-16(12-30-21)14-4-3-13-5-6-19(28)26(2)17(13)9-14/h3-9,11-12H,10H2,1-2H3,(H,22,29)(H,23,24,27). The van der Waals surface area contributed by atoms with Gasteiger partial charge in [-0.15, -0.1) is 11.3 Å². The lowest BCUT2D eigenvalue weighted by Gasteiger charge is -2.06. The fourth-order valence-electron chi connectivity index (χ4n) is 3.05. The summed E-state index contributed by atoms with van der Waals surface area (Å²) in [6.07, 6.45) is 3.44. The van der Waals surface area contributed by atoms with Gasteiger partial charge in [-0.3, -0.25) is 14.4 Å². The van der Waals surface area contributed by atoms with E-state index in [-0.39, 0.29) is 23.9 Å². The molecule has 0 unspecified atom stereocenters. The first-order valence-corrected chi connectivity index (χ1v) is 10.0. The first-order valence-electron chi connectivity index (χ1n) is 9.16. The van der Waals surface area contributed by atoms with Gasteiger partial charge in [-0.25, -0.2) is 4.98 Å². The molecule has 3 heterocycles. The van der Waals surface area contributed by atoms with Crippen molar-refractivity contribution in [2.24, 2.45) is 14.1 Å². The fraction of sp³-hybridized carbons (Fsp3) is 0.143. The van der Waals surface area contributed by atoms with Crippen molar-refractivity contribution in [3.05, 3.63) is 70.1 Å². The number of aryl methyl sites for hydroxylation is 2. The van der Waals surface area contributed by atoms with Gasteiger partial charge in [-0.1, -0.05) is 12.1 Å². The molecule has 0 aliphatic carbocycles. The van der Waals surface area contributed by atoms with Crippen LogP contribution in [0, 0.1) is 0 Å². The molecule has 4 rings (SSSR count). The van der Waals surface area contributed by atoms with Gasteiger partial charge in [0.2, 0.25) is 5.91 Å². The second kappa shape index (κ2) is 7.96. The summed E-state index contributed by atoms with van der Waals surface area (Å²) in [6, 6.07) is 10.8. The number of pyridine rings is 1. The highest BCUT2D eigenvalue weighted by Crippen LogP contribution is 2.27. The lowest BCUT2D eigenvalue weighted by atomic mass is 10.1. The number of nitrogens with one attached hydrogen (secondary N) is 2. The highest BCUT2D eigenvalue weighted by molar-refractivity contribution is 7.14. The third-order valence-corrected chi connectivity index (χ3v) is 5.44.